The molecule has 1 atom stereocenters. The van der Waals surface area contributed by atoms with Crippen LogP contribution in [0.1, 0.15) is 46.1 Å². The van der Waals surface area contributed by atoms with E-state index in [9.17, 15) is 19.7 Å². The van der Waals surface area contributed by atoms with Crippen molar-refractivity contribution in [1.82, 2.24) is 5.32 Å². The van der Waals surface area contributed by atoms with Gasteiger partial charge in [0.2, 0.25) is 0 Å². The third-order valence-electron chi connectivity index (χ3n) is 5.07. The summed E-state index contributed by atoms with van der Waals surface area (Å²) >= 11 is 0. The predicted octanol–water partition coefficient (Wildman–Crippen LogP) is 3.27. The quantitative estimate of drug-likeness (QED) is 0.317. The van der Waals surface area contributed by atoms with Crippen molar-refractivity contribution in [3.63, 3.8) is 0 Å². The summed E-state index contributed by atoms with van der Waals surface area (Å²) < 4.78 is 16.3. The van der Waals surface area contributed by atoms with E-state index in [-0.39, 0.29) is 31.0 Å². The summed E-state index contributed by atoms with van der Waals surface area (Å²) in [6, 6.07) is 7.00. The Kier molecular flexibility index (Phi) is 8.44. The lowest BCUT2D eigenvalue weighted by atomic mass is 9.80. The Morgan fingerprint density at radius 1 is 1.09 bits per heavy atom. The van der Waals surface area contributed by atoms with Crippen LogP contribution in [0.4, 0.5) is 0 Å². The van der Waals surface area contributed by atoms with Crippen molar-refractivity contribution in [3.05, 3.63) is 62.5 Å². The average molecular weight is 462 g/mol. The topological polar surface area (TPSA) is 126 Å². The molecule has 1 aromatic rings. The number of nitrogens with one attached hydrogen (secondary N) is 1. The number of dihydropyridines is 1. The highest BCUT2D eigenvalue weighted by atomic mass is 16.9. The minimum Gasteiger partial charge on any atom is -0.493 e. The van der Waals surface area contributed by atoms with E-state index in [2.05, 4.69) is 10.2 Å². The zero-order valence-corrected chi connectivity index (χ0v) is 19.7. The molecule has 10 heteroatoms. The van der Waals surface area contributed by atoms with E-state index in [0.717, 1.165) is 0 Å². The lowest BCUT2D eigenvalue weighted by molar-refractivity contribution is -0.760. The fourth-order valence-corrected chi connectivity index (χ4v) is 3.56. The Balaban J connectivity index is 2.53. The van der Waals surface area contributed by atoms with E-state index in [1.807, 2.05) is 0 Å². The normalized spacial score (nSPS) is 16.1. The fraction of sp³-hybridized carbons (Fsp3) is 0.478. The van der Waals surface area contributed by atoms with Crippen molar-refractivity contribution in [2.24, 2.45) is 5.41 Å². The van der Waals surface area contributed by atoms with Gasteiger partial charge in [-0.15, -0.1) is 10.1 Å². The predicted molar refractivity (Wildman–Crippen MR) is 119 cm³/mol. The van der Waals surface area contributed by atoms with Gasteiger partial charge in [0.05, 0.1) is 37.4 Å². The van der Waals surface area contributed by atoms with Gasteiger partial charge in [0.15, 0.2) is 0 Å². The number of hydrogen-bond donors (Lipinski definition) is 1. The first kappa shape index (κ1) is 25.7. The summed E-state index contributed by atoms with van der Waals surface area (Å²) in [6.07, 6.45) is 0. The molecule has 0 aromatic heterocycles. The number of carbonyl (C=O) groups excluding carboxylic acids is 2. The summed E-state index contributed by atoms with van der Waals surface area (Å²) in [5.41, 5.74) is 1.52. The van der Waals surface area contributed by atoms with E-state index in [1.54, 1.807) is 58.9 Å². The Labute approximate surface area is 192 Å². The van der Waals surface area contributed by atoms with Gasteiger partial charge in [-0.3, -0.25) is 0 Å². The first-order valence-corrected chi connectivity index (χ1v) is 10.5. The van der Waals surface area contributed by atoms with Gasteiger partial charge in [-0.05, 0) is 26.8 Å². The first-order valence-electron chi connectivity index (χ1n) is 10.5. The van der Waals surface area contributed by atoms with Crippen LogP contribution in [0.5, 0.6) is 5.75 Å². The van der Waals surface area contributed by atoms with E-state index >= 15 is 0 Å². The molecule has 1 aliphatic heterocycles. The largest absolute Gasteiger partial charge is 0.493 e. The minimum atomic E-state index is -0.847. The molecule has 0 fully saturated rings. The van der Waals surface area contributed by atoms with E-state index in [0.29, 0.717) is 22.7 Å². The number of allylic oxidation sites excluding steroid dienone is 2. The second-order valence-electron chi connectivity index (χ2n) is 8.34. The molecule has 10 nitrogen and oxygen atoms in total. The van der Waals surface area contributed by atoms with E-state index in [4.69, 9.17) is 14.2 Å². The van der Waals surface area contributed by atoms with Crippen LogP contribution in [0.3, 0.4) is 0 Å². The maximum atomic E-state index is 12.9. The van der Waals surface area contributed by atoms with Gasteiger partial charge < -0.3 is 24.4 Å². The number of benzene rings is 1. The maximum absolute atomic E-state index is 12.9. The lowest BCUT2D eigenvalue weighted by Crippen LogP contribution is -2.33. The molecule has 1 unspecified atom stereocenters. The molecule has 0 bridgehead atoms. The van der Waals surface area contributed by atoms with Crippen molar-refractivity contribution in [2.75, 3.05) is 26.9 Å². The van der Waals surface area contributed by atoms with Gasteiger partial charge in [-0.1, -0.05) is 32.0 Å². The molecule has 1 aromatic carbocycles. The Morgan fingerprint density at radius 3 is 2.27 bits per heavy atom. The summed E-state index contributed by atoms with van der Waals surface area (Å²) in [7, 11) is 1.27. The van der Waals surface area contributed by atoms with Gasteiger partial charge in [0, 0.05) is 22.4 Å². The molecule has 1 heterocycles. The molecule has 1 aliphatic rings. The number of methoxy groups -OCH3 is 1. The highest BCUT2D eigenvalue weighted by Crippen LogP contribution is 2.43. The molecular formula is C23H30N2O8. The third kappa shape index (κ3) is 6.24. The smallest absolute Gasteiger partial charge is 0.336 e. The van der Waals surface area contributed by atoms with Gasteiger partial charge in [0.1, 0.15) is 12.4 Å². The van der Waals surface area contributed by atoms with Gasteiger partial charge in [0.25, 0.3) is 5.09 Å². The first-order chi connectivity index (χ1) is 15.5. The molecule has 1 N–H and O–H groups in total. The van der Waals surface area contributed by atoms with Crippen LogP contribution in [0, 0.1) is 15.5 Å². The molecule has 0 radical (unpaired) electrons. The highest BCUT2D eigenvalue weighted by Gasteiger charge is 2.39. The van der Waals surface area contributed by atoms with Crippen LogP contribution < -0.4 is 10.1 Å². The Morgan fingerprint density at radius 2 is 1.70 bits per heavy atom. The molecule has 0 amide bonds. The number of para-hydroxylation sites is 1. The van der Waals surface area contributed by atoms with E-state index in [1.165, 1.54) is 7.11 Å². The van der Waals surface area contributed by atoms with Crippen LogP contribution >= 0.6 is 0 Å². The van der Waals surface area contributed by atoms with Crippen molar-refractivity contribution >= 4 is 11.9 Å². The number of nitrogens with zero attached hydrogens (tertiary/aromatic N) is 1. The van der Waals surface area contributed by atoms with Crippen molar-refractivity contribution in [3.8, 4) is 5.75 Å². The van der Waals surface area contributed by atoms with Crippen LogP contribution in [0.25, 0.3) is 0 Å². The Bertz CT molecular complexity index is 980. The third-order valence-corrected chi connectivity index (χ3v) is 5.07. The summed E-state index contributed by atoms with van der Waals surface area (Å²) in [5, 5.41) is 12.8. The SMILES string of the molecule is CCOC(=O)C1=C(C)NC(C)=C(C(=O)OC)C1c1ccccc1OCC(C)(C)CO[N+](=O)[O-]. The summed E-state index contributed by atoms with van der Waals surface area (Å²) in [6.45, 7) is 8.80. The molecule has 0 saturated carbocycles. The molecular weight excluding hydrogens is 432 g/mol. The van der Waals surface area contributed by atoms with Crippen molar-refractivity contribution in [2.45, 2.75) is 40.5 Å². The molecule has 0 saturated heterocycles. The standard InChI is InChI=1S/C23H30N2O8/c1-7-31-22(27)19-15(3)24-14(2)18(21(26)30-6)20(19)16-10-8-9-11-17(16)32-12-23(4,5)13-33-25(28)29/h8-11,20,24H,7,12-13H2,1-6H3. The molecule has 180 valence electrons. The number of rotatable bonds is 10. The molecule has 2 rings (SSSR count). The minimum absolute atomic E-state index is 0.0938. The zero-order valence-electron chi connectivity index (χ0n) is 19.7. The maximum Gasteiger partial charge on any atom is 0.336 e. The molecule has 0 aliphatic carbocycles. The number of ether oxygens (including phenoxy) is 3. The average Bonchev–Trinajstić information content (AvgIpc) is 2.76. The van der Waals surface area contributed by atoms with Crippen molar-refractivity contribution < 1.29 is 33.7 Å². The second kappa shape index (κ2) is 10.8. The second-order valence-corrected chi connectivity index (χ2v) is 8.34. The lowest BCUT2D eigenvalue weighted by Gasteiger charge is -2.31. The zero-order chi connectivity index (χ0) is 24.8. The van der Waals surface area contributed by atoms with Gasteiger partial charge in [-0.25, -0.2) is 9.59 Å². The van der Waals surface area contributed by atoms with E-state index < -0.39 is 28.4 Å². The summed E-state index contributed by atoms with van der Waals surface area (Å²) in [5.74, 6) is -1.53. The number of esters is 2. The fourth-order valence-electron chi connectivity index (χ4n) is 3.56. The van der Waals surface area contributed by atoms with Crippen LogP contribution in [-0.4, -0.2) is 44.0 Å². The van der Waals surface area contributed by atoms with Crippen molar-refractivity contribution in [1.29, 1.82) is 0 Å². The number of carbonyl (C=O) groups is 2. The highest BCUT2D eigenvalue weighted by molar-refractivity contribution is 6.00. The van der Waals surface area contributed by atoms with Crippen LogP contribution in [-0.2, 0) is 23.9 Å². The monoisotopic (exact) mass is 462 g/mol. The molecule has 0 spiro atoms. The number of hydrogen-bond acceptors (Lipinski definition) is 9. The van der Waals surface area contributed by atoms with Gasteiger partial charge in [-0.2, -0.15) is 0 Å². The molecule has 33 heavy (non-hydrogen) atoms. The van der Waals surface area contributed by atoms with Gasteiger partial charge >= 0.3 is 11.9 Å². The Hall–Kier alpha value is -3.56. The summed E-state index contributed by atoms with van der Waals surface area (Å²) in [4.78, 5) is 40.7. The van der Waals surface area contributed by atoms with Crippen LogP contribution in [0.2, 0.25) is 0 Å². The van der Waals surface area contributed by atoms with Crippen LogP contribution in [0.15, 0.2) is 46.8 Å².